The molecule has 0 amide bonds. The molecule has 8 nitrogen and oxygen atoms in total. The zero-order valence-corrected chi connectivity index (χ0v) is 15.9. The van der Waals surface area contributed by atoms with E-state index in [9.17, 15) is 18.5 Å². The van der Waals surface area contributed by atoms with Crippen LogP contribution in [0.1, 0.15) is 11.1 Å². The molecule has 0 bridgehead atoms. The Morgan fingerprint density at radius 3 is 2.61 bits per heavy atom. The van der Waals surface area contributed by atoms with Crippen LogP contribution in [-0.4, -0.2) is 27.6 Å². The number of nitriles is 1. The van der Waals surface area contributed by atoms with E-state index in [4.69, 9.17) is 13.9 Å². The highest BCUT2D eigenvalue weighted by Gasteiger charge is 2.20. The fourth-order valence-corrected chi connectivity index (χ4v) is 3.89. The number of hydrogen-bond acceptors (Lipinski definition) is 7. The Hall–Kier alpha value is -3.51. The van der Waals surface area contributed by atoms with E-state index in [0.29, 0.717) is 28.1 Å². The van der Waals surface area contributed by atoms with Crippen molar-refractivity contribution in [2.24, 2.45) is 0 Å². The molecule has 144 valence electrons. The molecule has 1 heterocycles. The summed E-state index contributed by atoms with van der Waals surface area (Å²) < 4.78 is 40.7. The summed E-state index contributed by atoms with van der Waals surface area (Å²) in [6.45, 7) is 0. The zero-order valence-electron chi connectivity index (χ0n) is 15.1. The van der Waals surface area contributed by atoms with Crippen LogP contribution < -0.4 is 15.2 Å². The third-order valence-corrected chi connectivity index (χ3v) is 5.59. The standard InChI is InChI=1S/C19H16N2O6S/c1-25-16-6-4-13(9-18(16)26-2)11-28(23,24)14(10-20)7-12-3-5-15-17(8-12)27-19(22)21-15/h3-9H,11H2,1-2H3,(H,21,22)/b14-7-. The summed E-state index contributed by atoms with van der Waals surface area (Å²) in [6.07, 6.45) is 1.24. The maximum Gasteiger partial charge on any atom is 0.417 e. The first-order valence-corrected chi connectivity index (χ1v) is 9.70. The van der Waals surface area contributed by atoms with E-state index in [1.165, 1.54) is 26.4 Å². The van der Waals surface area contributed by atoms with Crippen molar-refractivity contribution in [3.63, 3.8) is 0 Å². The van der Waals surface area contributed by atoms with Crippen molar-refractivity contribution < 1.29 is 22.3 Å². The first kappa shape index (κ1) is 19.3. The highest BCUT2D eigenvalue weighted by atomic mass is 32.2. The van der Waals surface area contributed by atoms with Gasteiger partial charge in [0.2, 0.25) is 0 Å². The Morgan fingerprint density at radius 1 is 1.18 bits per heavy atom. The third-order valence-electron chi connectivity index (χ3n) is 3.99. The van der Waals surface area contributed by atoms with Gasteiger partial charge in [-0.3, -0.25) is 4.98 Å². The number of aromatic amines is 1. The van der Waals surface area contributed by atoms with Gasteiger partial charge >= 0.3 is 5.76 Å². The fourth-order valence-electron chi connectivity index (χ4n) is 2.66. The van der Waals surface area contributed by atoms with Gasteiger partial charge in [0.05, 0.1) is 25.5 Å². The topological polar surface area (TPSA) is 122 Å². The Balaban J connectivity index is 1.94. The zero-order chi connectivity index (χ0) is 20.3. The molecule has 0 saturated carbocycles. The van der Waals surface area contributed by atoms with E-state index in [2.05, 4.69) is 4.98 Å². The van der Waals surface area contributed by atoms with Gasteiger partial charge in [0, 0.05) is 0 Å². The molecule has 0 fully saturated rings. The quantitative estimate of drug-likeness (QED) is 0.631. The lowest BCUT2D eigenvalue weighted by Crippen LogP contribution is -2.07. The number of hydrogen-bond donors (Lipinski definition) is 1. The van der Waals surface area contributed by atoms with Gasteiger partial charge in [0.25, 0.3) is 0 Å². The molecular weight excluding hydrogens is 384 g/mol. The average molecular weight is 400 g/mol. The molecule has 0 aliphatic heterocycles. The SMILES string of the molecule is COc1ccc(CS(=O)(=O)/C(C#N)=C\c2ccc3[nH]c(=O)oc3c2)cc1OC. The molecule has 0 unspecified atom stereocenters. The number of aromatic nitrogens is 1. The largest absolute Gasteiger partial charge is 0.493 e. The average Bonchev–Trinajstić information content (AvgIpc) is 3.04. The van der Waals surface area contributed by atoms with E-state index in [-0.39, 0.29) is 11.3 Å². The second-order valence-corrected chi connectivity index (χ2v) is 7.80. The molecule has 2 aromatic carbocycles. The minimum absolute atomic E-state index is 0.272. The highest BCUT2D eigenvalue weighted by molar-refractivity contribution is 7.95. The van der Waals surface area contributed by atoms with Crippen LogP contribution >= 0.6 is 0 Å². The van der Waals surface area contributed by atoms with Crippen LogP contribution in [-0.2, 0) is 15.6 Å². The van der Waals surface area contributed by atoms with Crippen molar-refractivity contribution >= 4 is 27.0 Å². The number of benzene rings is 2. The molecule has 28 heavy (non-hydrogen) atoms. The lowest BCUT2D eigenvalue weighted by molar-refractivity contribution is 0.354. The number of rotatable bonds is 6. The van der Waals surface area contributed by atoms with Crippen molar-refractivity contribution in [2.75, 3.05) is 14.2 Å². The minimum Gasteiger partial charge on any atom is -0.493 e. The summed E-state index contributed by atoms with van der Waals surface area (Å²) in [4.78, 5) is 13.3. The lowest BCUT2D eigenvalue weighted by atomic mass is 10.2. The monoisotopic (exact) mass is 400 g/mol. The Kier molecular flexibility index (Phi) is 5.24. The number of ether oxygens (including phenoxy) is 2. The molecule has 0 aliphatic rings. The van der Waals surface area contributed by atoms with E-state index in [0.717, 1.165) is 0 Å². The van der Waals surface area contributed by atoms with Crippen LogP contribution in [0.3, 0.4) is 0 Å². The van der Waals surface area contributed by atoms with Crippen LogP contribution in [0.5, 0.6) is 11.5 Å². The van der Waals surface area contributed by atoms with Gasteiger partial charge in [-0.05, 0) is 41.5 Å². The summed E-state index contributed by atoms with van der Waals surface area (Å²) in [6, 6.07) is 11.1. The van der Waals surface area contributed by atoms with E-state index >= 15 is 0 Å². The van der Waals surface area contributed by atoms with Gasteiger partial charge in [-0.15, -0.1) is 0 Å². The first-order valence-electron chi connectivity index (χ1n) is 8.04. The molecule has 3 aromatic rings. The van der Waals surface area contributed by atoms with Crippen LogP contribution in [0.2, 0.25) is 0 Å². The summed E-state index contributed by atoms with van der Waals surface area (Å²) >= 11 is 0. The first-order chi connectivity index (χ1) is 13.4. The summed E-state index contributed by atoms with van der Waals surface area (Å²) in [5, 5.41) is 9.38. The minimum atomic E-state index is -3.91. The molecule has 0 radical (unpaired) electrons. The number of allylic oxidation sites excluding steroid dienone is 1. The molecule has 9 heteroatoms. The Labute approximate surface area is 160 Å². The maximum atomic E-state index is 12.7. The third kappa shape index (κ3) is 3.92. The van der Waals surface area contributed by atoms with Crippen LogP contribution in [0.4, 0.5) is 0 Å². The molecule has 0 spiro atoms. The molecule has 0 saturated heterocycles. The molecule has 1 aromatic heterocycles. The van der Waals surface area contributed by atoms with Gasteiger partial charge in [-0.25, -0.2) is 13.2 Å². The van der Waals surface area contributed by atoms with Gasteiger partial charge in [-0.1, -0.05) is 12.1 Å². The van der Waals surface area contributed by atoms with Crippen molar-refractivity contribution in [2.45, 2.75) is 5.75 Å². The molecule has 1 N–H and O–H groups in total. The van der Waals surface area contributed by atoms with E-state index in [1.54, 1.807) is 36.4 Å². The fraction of sp³-hybridized carbons (Fsp3) is 0.158. The predicted octanol–water partition coefficient (Wildman–Crippen LogP) is 2.62. The van der Waals surface area contributed by atoms with Crippen LogP contribution in [0, 0.1) is 11.3 Å². The number of H-pyrrole nitrogens is 1. The van der Waals surface area contributed by atoms with Gasteiger partial charge in [0.1, 0.15) is 11.0 Å². The van der Waals surface area contributed by atoms with Crippen molar-refractivity contribution in [1.82, 2.24) is 4.98 Å². The number of methoxy groups -OCH3 is 2. The van der Waals surface area contributed by atoms with E-state index < -0.39 is 20.5 Å². The molecular formula is C19H16N2O6S. The van der Waals surface area contributed by atoms with Crippen molar-refractivity contribution in [3.8, 4) is 17.6 Å². The van der Waals surface area contributed by atoms with E-state index in [1.807, 2.05) is 0 Å². The Bertz CT molecular complexity index is 1260. The number of fused-ring (bicyclic) bond motifs is 1. The second kappa shape index (κ2) is 7.62. The molecule has 0 atom stereocenters. The second-order valence-electron chi connectivity index (χ2n) is 5.84. The van der Waals surface area contributed by atoms with Crippen molar-refractivity contribution in [3.05, 3.63) is 63.0 Å². The smallest absolute Gasteiger partial charge is 0.417 e. The van der Waals surface area contributed by atoms with Crippen LogP contribution in [0.15, 0.2) is 50.5 Å². The normalized spacial score (nSPS) is 12.0. The highest BCUT2D eigenvalue weighted by Crippen LogP contribution is 2.29. The number of sulfone groups is 1. The predicted molar refractivity (Wildman–Crippen MR) is 103 cm³/mol. The summed E-state index contributed by atoms with van der Waals surface area (Å²) in [7, 11) is -0.982. The molecule has 3 rings (SSSR count). The Morgan fingerprint density at radius 2 is 1.93 bits per heavy atom. The van der Waals surface area contributed by atoms with Crippen molar-refractivity contribution in [1.29, 1.82) is 5.26 Å². The summed E-state index contributed by atoms with van der Waals surface area (Å²) in [5.74, 6) is -0.127. The summed E-state index contributed by atoms with van der Waals surface area (Å²) in [5.41, 5.74) is 1.62. The number of oxazole rings is 1. The van der Waals surface area contributed by atoms with Gasteiger partial charge in [-0.2, -0.15) is 5.26 Å². The molecule has 0 aliphatic carbocycles. The lowest BCUT2D eigenvalue weighted by Gasteiger charge is -2.09. The van der Waals surface area contributed by atoms with Crippen LogP contribution in [0.25, 0.3) is 17.2 Å². The van der Waals surface area contributed by atoms with Gasteiger partial charge in [0.15, 0.2) is 26.9 Å². The maximum absolute atomic E-state index is 12.7. The number of nitrogens with one attached hydrogen (secondary N) is 1. The number of nitrogens with zero attached hydrogens (tertiary/aromatic N) is 1. The van der Waals surface area contributed by atoms with Gasteiger partial charge < -0.3 is 13.9 Å².